The van der Waals surface area contributed by atoms with Crippen LogP contribution in [0.1, 0.15) is 62.5 Å². The third-order valence-corrected chi connectivity index (χ3v) is 11.1. The van der Waals surface area contributed by atoms with E-state index in [1.54, 1.807) is 25.1 Å². The number of aromatic nitrogens is 3. The summed E-state index contributed by atoms with van der Waals surface area (Å²) in [5.41, 5.74) is 5.59. The molecule has 0 radical (unpaired) electrons. The van der Waals surface area contributed by atoms with Gasteiger partial charge in [0, 0.05) is 40.4 Å². The van der Waals surface area contributed by atoms with Crippen LogP contribution in [0.15, 0.2) is 51.3 Å². The fourth-order valence-electron chi connectivity index (χ4n) is 5.69. The van der Waals surface area contributed by atoms with E-state index < -0.39 is 60.4 Å². The number of amides is 2. The van der Waals surface area contributed by atoms with Gasteiger partial charge in [-0.05, 0) is 93.5 Å². The Labute approximate surface area is 365 Å². The average molecular weight is 960 g/mol. The van der Waals surface area contributed by atoms with E-state index in [4.69, 9.17) is 72.0 Å². The van der Waals surface area contributed by atoms with Gasteiger partial charge in [-0.1, -0.05) is 34.8 Å². The third-order valence-electron chi connectivity index (χ3n) is 8.74. The predicted molar refractivity (Wildman–Crippen MR) is 221 cm³/mol. The van der Waals surface area contributed by atoms with Gasteiger partial charge in [0.15, 0.2) is 13.2 Å². The van der Waals surface area contributed by atoms with Gasteiger partial charge in [0.2, 0.25) is 0 Å². The van der Waals surface area contributed by atoms with Crippen molar-refractivity contribution >= 4 is 95.3 Å². The minimum absolute atomic E-state index is 0.0412. The lowest BCUT2D eigenvalue weighted by Crippen LogP contribution is -2.31. The average Bonchev–Trinajstić information content (AvgIpc) is 3.62. The number of carboxylic acid groups (broad SMARTS) is 2. The maximum atomic E-state index is 14.1. The predicted octanol–water partition coefficient (Wildman–Crippen LogP) is 6.68. The summed E-state index contributed by atoms with van der Waals surface area (Å²) in [7, 11) is -3.10. The van der Waals surface area contributed by atoms with Crippen LogP contribution < -0.4 is 16.3 Å². The van der Waals surface area contributed by atoms with E-state index in [2.05, 4.69) is 5.10 Å². The quantitative estimate of drug-likeness (QED) is 0.0460. The van der Waals surface area contributed by atoms with Gasteiger partial charge in [-0.3, -0.25) is 23.7 Å². The molecule has 0 saturated carbocycles. The minimum atomic E-state index is -3.14. The number of carboxylic acids is 2. The first-order chi connectivity index (χ1) is 28.4. The number of imide groups is 1. The molecule has 5 N–H and O–H groups in total. The number of carbonyl (C=O) groups excluding carboxylic acids is 3. The highest BCUT2D eigenvalue weighted by Gasteiger charge is 2.39. The standard InChI is InChI=1S/C19H17Cl2NO4.C13H10Cl2F3N3O3.C5H12NO4P/c1-2-26-19(25)16(21)10-11-9-12(7-8-15(11)20)22-17(23)13-5-3-4-6-14(13)18(22)24;1-5-19-21(13(24)20(5)12(17)18)10-3-6(2-8(15)11(22)23)7(14)4-9(10)16;1-11(9,10)3-2-4(6)5(7)8/h7-10H,2-6H2,1H3;3-4,8,12H,2H2,1H3,(H,22,23);4H,2-3,6H2,1H3,(H,7,8)(H,9,10)/b16-10-;;. The number of esters is 1. The van der Waals surface area contributed by atoms with Gasteiger partial charge in [-0.2, -0.15) is 13.5 Å². The second kappa shape index (κ2) is 22.0. The van der Waals surface area contributed by atoms with Crippen molar-refractivity contribution in [2.45, 2.75) is 70.3 Å². The molecule has 1 aliphatic carbocycles. The molecule has 0 bridgehead atoms. The van der Waals surface area contributed by atoms with E-state index in [9.17, 15) is 46.5 Å². The smallest absolute Gasteiger partial charge is 0.355 e. The molecular weight excluding hydrogens is 920 g/mol. The van der Waals surface area contributed by atoms with Crippen molar-refractivity contribution in [1.82, 2.24) is 14.3 Å². The second-order valence-corrected chi connectivity index (χ2v) is 17.6. The van der Waals surface area contributed by atoms with Crippen molar-refractivity contribution in [2.24, 2.45) is 5.73 Å². The number of aliphatic carboxylic acids is 2. The molecule has 24 heteroatoms. The number of nitrogens with two attached hydrogens (primary N) is 1. The Morgan fingerprint density at radius 1 is 1.02 bits per heavy atom. The number of hydrogen-bond donors (Lipinski definition) is 4. The summed E-state index contributed by atoms with van der Waals surface area (Å²) in [4.78, 5) is 79.8. The molecule has 61 heavy (non-hydrogen) atoms. The molecule has 1 aromatic heterocycles. The number of hydrogen-bond acceptors (Lipinski definition) is 10. The Balaban J connectivity index is 0.000000264. The van der Waals surface area contributed by atoms with Gasteiger partial charge in [0.05, 0.1) is 12.3 Å². The Kier molecular flexibility index (Phi) is 18.4. The summed E-state index contributed by atoms with van der Waals surface area (Å²) in [5, 5.41) is 19.5. The van der Waals surface area contributed by atoms with Crippen LogP contribution in [0.25, 0.3) is 11.8 Å². The van der Waals surface area contributed by atoms with Gasteiger partial charge < -0.3 is 25.6 Å². The summed E-state index contributed by atoms with van der Waals surface area (Å²) in [5.74, 6) is -4.97. The lowest BCUT2D eigenvalue weighted by Gasteiger charge is -2.16. The van der Waals surface area contributed by atoms with Crippen LogP contribution in [0.2, 0.25) is 10.0 Å². The van der Waals surface area contributed by atoms with Crippen LogP contribution in [0.4, 0.5) is 18.9 Å². The summed E-state index contributed by atoms with van der Waals surface area (Å²) in [6, 6.07) is 5.59. The van der Waals surface area contributed by atoms with Gasteiger partial charge in [0.1, 0.15) is 28.0 Å². The van der Waals surface area contributed by atoms with E-state index in [-0.39, 0.29) is 63.4 Å². The zero-order valence-corrected chi connectivity index (χ0v) is 36.3. The van der Waals surface area contributed by atoms with Crippen LogP contribution in [0.3, 0.4) is 0 Å². The molecule has 0 spiro atoms. The highest BCUT2D eigenvalue weighted by Crippen LogP contribution is 2.37. The number of halogens is 7. The molecule has 0 saturated heterocycles. The molecule has 0 fully saturated rings. The van der Waals surface area contributed by atoms with Gasteiger partial charge in [0.25, 0.3) is 11.8 Å². The molecule has 16 nitrogen and oxygen atoms in total. The molecular formula is C37H39Cl4F3N5O11P. The maximum Gasteiger partial charge on any atom is 0.355 e. The molecule has 2 heterocycles. The molecule has 332 valence electrons. The van der Waals surface area contributed by atoms with Crippen LogP contribution in [0, 0.1) is 12.7 Å². The van der Waals surface area contributed by atoms with Gasteiger partial charge >= 0.3 is 30.1 Å². The number of alkyl halides is 3. The van der Waals surface area contributed by atoms with Gasteiger partial charge in [-0.15, -0.1) is 16.7 Å². The normalized spacial score (nSPS) is 15.9. The van der Waals surface area contributed by atoms with E-state index in [0.717, 1.165) is 31.9 Å². The highest BCUT2D eigenvalue weighted by atomic mass is 35.5. The van der Waals surface area contributed by atoms with Crippen molar-refractivity contribution in [3.8, 4) is 5.69 Å². The number of nitrogens with zero attached hydrogens (tertiary/aromatic N) is 4. The van der Waals surface area contributed by atoms with E-state index in [0.29, 0.717) is 44.9 Å². The van der Waals surface area contributed by atoms with Gasteiger partial charge in [-0.25, -0.2) is 23.4 Å². The number of rotatable bonds is 13. The van der Waals surface area contributed by atoms with E-state index in [1.165, 1.54) is 17.6 Å². The number of aryl methyl sites for hydroxylation is 1. The molecule has 5 rings (SSSR count). The maximum absolute atomic E-state index is 14.1. The second-order valence-electron chi connectivity index (χ2n) is 13.3. The molecule has 1 aliphatic heterocycles. The van der Waals surface area contributed by atoms with Crippen molar-refractivity contribution < 1.29 is 61.6 Å². The first-order valence-corrected chi connectivity index (χ1v) is 21.8. The summed E-state index contributed by atoms with van der Waals surface area (Å²) in [6.07, 6.45) is 4.19. The summed E-state index contributed by atoms with van der Waals surface area (Å²) >= 11 is 23.6. The minimum Gasteiger partial charge on any atom is -0.480 e. The topological polar surface area (TPSA) is 241 Å². The molecule has 2 aliphatic rings. The lowest BCUT2D eigenvalue weighted by molar-refractivity contribution is -0.139. The fourth-order valence-corrected chi connectivity index (χ4v) is 7.19. The lowest BCUT2D eigenvalue weighted by atomic mass is 9.93. The summed E-state index contributed by atoms with van der Waals surface area (Å²) < 4.78 is 55.8. The number of benzene rings is 2. The van der Waals surface area contributed by atoms with Crippen LogP contribution >= 0.6 is 53.8 Å². The zero-order valence-electron chi connectivity index (χ0n) is 32.4. The number of ether oxygens (including phenoxy) is 1. The van der Waals surface area contributed by atoms with Crippen LogP contribution in [-0.4, -0.2) is 90.0 Å². The molecule has 3 atom stereocenters. The SMILES string of the molecule is CCOC(=O)/C(Cl)=C/c1cc(N2C(=O)C3=C(CCCC3)C2=O)ccc1Cl.CP(=O)(O)CCC(N)C(=O)O.Cc1nn(-c2cc(CC(Cl)C(=O)O)c(Cl)cc2F)c(=O)n1C(F)F. The largest absolute Gasteiger partial charge is 0.480 e. The first kappa shape index (κ1) is 50.9. The molecule has 3 unspecified atom stereocenters. The fraction of sp³-hybridized carbons (Fsp3) is 0.378. The highest BCUT2D eigenvalue weighted by molar-refractivity contribution is 7.57. The first-order valence-electron chi connectivity index (χ1n) is 17.9. The molecule has 2 aromatic carbocycles. The Morgan fingerprint density at radius 2 is 1.61 bits per heavy atom. The van der Waals surface area contributed by atoms with Crippen molar-refractivity contribution in [3.63, 3.8) is 0 Å². The Morgan fingerprint density at radius 3 is 2.10 bits per heavy atom. The van der Waals surface area contributed by atoms with E-state index in [1.807, 2.05) is 0 Å². The monoisotopic (exact) mass is 957 g/mol. The van der Waals surface area contributed by atoms with Crippen LogP contribution in [0.5, 0.6) is 0 Å². The third kappa shape index (κ3) is 13.5. The summed E-state index contributed by atoms with van der Waals surface area (Å²) in [6.45, 7) is 1.08. The van der Waals surface area contributed by atoms with Crippen molar-refractivity contribution in [3.05, 3.63) is 89.8 Å². The van der Waals surface area contributed by atoms with Crippen LogP contribution in [-0.2, 0) is 39.7 Å². The van der Waals surface area contributed by atoms with E-state index >= 15 is 0 Å². The Bertz CT molecular complexity index is 2340. The Hall–Kier alpha value is -4.49. The zero-order chi connectivity index (χ0) is 46.1. The number of carbonyl (C=O) groups is 5. The van der Waals surface area contributed by atoms with Crippen molar-refractivity contribution in [2.75, 3.05) is 24.3 Å². The molecule has 2 amide bonds. The number of anilines is 1. The molecule has 3 aromatic rings. The van der Waals surface area contributed by atoms with Crippen molar-refractivity contribution in [1.29, 1.82) is 0 Å².